The molecule has 3 amide bonds. The van der Waals surface area contributed by atoms with Crippen molar-refractivity contribution < 1.29 is 9.59 Å². The summed E-state index contributed by atoms with van der Waals surface area (Å²) < 4.78 is 0. The van der Waals surface area contributed by atoms with Crippen LogP contribution in [-0.4, -0.2) is 49.0 Å². The summed E-state index contributed by atoms with van der Waals surface area (Å²) in [7, 11) is 3.84. The molecule has 0 spiro atoms. The topological polar surface area (TPSA) is 100 Å². The molecular weight excluding hydrogens is 234 g/mol. The normalized spacial score (nSPS) is 10.2. The summed E-state index contributed by atoms with van der Waals surface area (Å²) in [5.41, 5.74) is 5.20. The quantitative estimate of drug-likeness (QED) is 0.678. The summed E-state index contributed by atoms with van der Waals surface area (Å²) in [5, 5.41) is 5.04. The van der Waals surface area contributed by atoms with E-state index in [0.717, 1.165) is 6.54 Å². The van der Waals surface area contributed by atoms with Crippen LogP contribution in [0.3, 0.4) is 0 Å². The average Bonchev–Trinajstić information content (AvgIpc) is 2.27. The predicted octanol–water partition coefficient (Wildman–Crippen LogP) is -0.136. The molecule has 0 aromatic carbocycles. The van der Waals surface area contributed by atoms with Crippen LogP contribution in [0.4, 0.5) is 10.6 Å². The Balaban J connectivity index is 2.59. The fourth-order valence-electron chi connectivity index (χ4n) is 1.24. The van der Waals surface area contributed by atoms with Crippen LogP contribution in [0.5, 0.6) is 0 Å². The Labute approximate surface area is 105 Å². The lowest BCUT2D eigenvalue weighted by Crippen LogP contribution is -2.32. The first-order valence-electron chi connectivity index (χ1n) is 5.45. The standard InChI is InChI=1S/C11H17N5O2/c1-16(2)7-6-13-10(17)8-4-3-5-9(14-8)15-11(12)18/h3-5H,6-7H2,1-2H3,(H,13,17)(H3,12,14,15,18). The van der Waals surface area contributed by atoms with Gasteiger partial charge in [-0.15, -0.1) is 0 Å². The number of pyridine rings is 1. The molecule has 0 aliphatic heterocycles. The summed E-state index contributed by atoms with van der Waals surface area (Å²) in [6.45, 7) is 1.27. The number of carbonyl (C=O) groups is 2. The number of hydrogen-bond acceptors (Lipinski definition) is 4. The molecule has 7 heteroatoms. The number of anilines is 1. The van der Waals surface area contributed by atoms with Crippen molar-refractivity contribution in [1.29, 1.82) is 0 Å². The number of likely N-dealkylation sites (N-methyl/N-ethyl adjacent to an activating group) is 1. The highest BCUT2D eigenvalue weighted by Gasteiger charge is 2.08. The van der Waals surface area contributed by atoms with Crippen LogP contribution in [-0.2, 0) is 0 Å². The minimum absolute atomic E-state index is 0.236. The second kappa shape index (κ2) is 6.55. The maximum atomic E-state index is 11.7. The summed E-state index contributed by atoms with van der Waals surface area (Å²) >= 11 is 0. The van der Waals surface area contributed by atoms with Crippen LogP contribution >= 0.6 is 0 Å². The van der Waals surface area contributed by atoms with E-state index in [1.807, 2.05) is 19.0 Å². The summed E-state index contributed by atoms with van der Waals surface area (Å²) in [6, 6.07) is 4.03. The maximum absolute atomic E-state index is 11.7. The van der Waals surface area contributed by atoms with Gasteiger partial charge in [-0.05, 0) is 26.2 Å². The highest BCUT2D eigenvalue weighted by atomic mass is 16.2. The molecule has 1 rings (SSSR count). The zero-order valence-corrected chi connectivity index (χ0v) is 10.4. The molecule has 4 N–H and O–H groups in total. The largest absolute Gasteiger partial charge is 0.351 e. The van der Waals surface area contributed by atoms with Crippen molar-refractivity contribution in [2.45, 2.75) is 0 Å². The van der Waals surface area contributed by atoms with Crippen molar-refractivity contribution in [2.75, 3.05) is 32.5 Å². The van der Waals surface area contributed by atoms with Crippen LogP contribution in [0.2, 0.25) is 0 Å². The Hall–Kier alpha value is -2.15. The SMILES string of the molecule is CN(C)CCNC(=O)c1cccc(NC(N)=O)n1. The second-order valence-electron chi connectivity index (χ2n) is 3.96. The molecule has 1 heterocycles. The number of urea groups is 1. The van der Waals surface area contributed by atoms with Crippen molar-refractivity contribution in [2.24, 2.45) is 5.73 Å². The number of nitrogens with zero attached hydrogens (tertiary/aromatic N) is 2. The lowest BCUT2D eigenvalue weighted by Gasteiger charge is -2.10. The second-order valence-corrected chi connectivity index (χ2v) is 3.96. The fraction of sp³-hybridized carbons (Fsp3) is 0.364. The first kappa shape index (κ1) is 13.9. The highest BCUT2D eigenvalue weighted by molar-refractivity contribution is 5.93. The van der Waals surface area contributed by atoms with Gasteiger partial charge in [0.25, 0.3) is 5.91 Å². The Morgan fingerprint density at radius 3 is 2.72 bits per heavy atom. The van der Waals surface area contributed by atoms with Crippen LogP contribution in [0, 0.1) is 0 Å². The van der Waals surface area contributed by atoms with Gasteiger partial charge in [0.1, 0.15) is 11.5 Å². The van der Waals surface area contributed by atoms with Gasteiger partial charge in [-0.25, -0.2) is 9.78 Å². The lowest BCUT2D eigenvalue weighted by atomic mass is 10.3. The van der Waals surface area contributed by atoms with E-state index in [9.17, 15) is 9.59 Å². The molecule has 0 unspecified atom stereocenters. The first-order valence-corrected chi connectivity index (χ1v) is 5.45. The molecule has 0 saturated heterocycles. The number of carbonyl (C=O) groups excluding carboxylic acids is 2. The van der Waals surface area contributed by atoms with E-state index in [1.165, 1.54) is 0 Å². The molecule has 0 fully saturated rings. The third-order valence-electron chi connectivity index (χ3n) is 2.08. The van der Waals surface area contributed by atoms with E-state index < -0.39 is 6.03 Å². The summed E-state index contributed by atoms with van der Waals surface area (Å²) in [6.07, 6.45) is 0. The van der Waals surface area contributed by atoms with Crippen molar-refractivity contribution in [3.05, 3.63) is 23.9 Å². The van der Waals surface area contributed by atoms with Gasteiger partial charge >= 0.3 is 6.03 Å². The number of aromatic nitrogens is 1. The van der Waals surface area contributed by atoms with Crippen molar-refractivity contribution >= 4 is 17.8 Å². The molecule has 1 aromatic rings. The van der Waals surface area contributed by atoms with Crippen LogP contribution in [0.25, 0.3) is 0 Å². The predicted molar refractivity (Wildman–Crippen MR) is 68.3 cm³/mol. The van der Waals surface area contributed by atoms with Crippen molar-refractivity contribution in [3.8, 4) is 0 Å². The monoisotopic (exact) mass is 251 g/mol. The van der Waals surface area contributed by atoms with Gasteiger partial charge in [0.15, 0.2) is 0 Å². The number of hydrogen-bond donors (Lipinski definition) is 3. The summed E-state index contributed by atoms with van der Waals surface area (Å²) in [4.78, 5) is 28.3. The molecule has 1 aromatic heterocycles. The number of nitrogens with two attached hydrogens (primary N) is 1. The number of rotatable bonds is 5. The molecule has 0 atom stereocenters. The third kappa shape index (κ3) is 4.79. The number of amides is 3. The van der Waals surface area contributed by atoms with Crippen LogP contribution in [0.15, 0.2) is 18.2 Å². The van der Waals surface area contributed by atoms with Gasteiger partial charge in [-0.3, -0.25) is 10.1 Å². The molecule has 0 aliphatic carbocycles. The zero-order chi connectivity index (χ0) is 13.5. The van der Waals surface area contributed by atoms with Gasteiger partial charge in [0.2, 0.25) is 0 Å². The fourth-order valence-corrected chi connectivity index (χ4v) is 1.24. The maximum Gasteiger partial charge on any atom is 0.317 e. The highest BCUT2D eigenvalue weighted by Crippen LogP contribution is 2.04. The van der Waals surface area contributed by atoms with Crippen molar-refractivity contribution in [3.63, 3.8) is 0 Å². The zero-order valence-electron chi connectivity index (χ0n) is 10.4. The smallest absolute Gasteiger partial charge is 0.317 e. The van der Waals surface area contributed by atoms with Gasteiger partial charge in [-0.2, -0.15) is 0 Å². The Bertz CT molecular complexity index is 433. The molecule has 7 nitrogen and oxygen atoms in total. The molecule has 18 heavy (non-hydrogen) atoms. The van der Waals surface area contributed by atoms with Crippen LogP contribution in [0.1, 0.15) is 10.5 Å². The van der Waals surface area contributed by atoms with Gasteiger partial charge in [0.05, 0.1) is 0 Å². The average molecular weight is 251 g/mol. The Morgan fingerprint density at radius 1 is 1.39 bits per heavy atom. The van der Waals surface area contributed by atoms with Gasteiger partial charge in [-0.1, -0.05) is 6.07 Å². The minimum atomic E-state index is -0.715. The molecule has 0 radical (unpaired) electrons. The third-order valence-corrected chi connectivity index (χ3v) is 2.08. The minimum Gasteiger partial charge on any atom is -0.351 e. The van der Waals surface area contributed by atoms with Crippen molar-refractivity contribution in [1.82, 2.24) is 15.2 Å². The van der Waals surface area contributed by atoms with E-state index in [4.69, 9.17) is 5.73 Å². The molecule has 0 aliphatic rings. The number of nitrogens with one attached hydrogen (secondary N) is 2. The molecular formula is C11H17N5O2. The van der Waals surface area contributed by atoms with Gasteiger partial charge < -0.3 is 16.0 Å². The van der Waals surface area contributed by atoms with E-state index in [0.29, 0.717) is 6.54 Å². The first-order chi connectivity index (χ1) is 8.49. The Kier molecular flexibility index (Phi) is 5.06. The van der Waals surface area contributed by atoms with E-state index >= 15 is 0 Å². The van der Waals surface area contributed by atoms with Crippen LogP contribution < -0.4 is 16.4 Å². The number of primary amides is 1. The molecule has 0 bridgehead atoms. The Morgan fingerprint density at radius 2 is 2.11 bits per heavy atom. The molecule has 98 valence electrons. The van der Waals surface area contributed by atoms with E-state index in [2.05, 4.69) is 15.6 Å². The lowest BCUT2D eigenvalue weighted by molar-refractivity contribution is 0.0946. The van der Waals surface area contributed by atoms with E-state index in [-0.39, 0.29) is 17.4 Å². The van der Waals surface area contributed by atoms with E-state index in [1.54, 1.807) is 18.2 Å². The summed E-state index contributed by atoms with van der Waals surface area (Å²) in [5.74, 6) is -0.0345. The van der Waals surface area contributed by atoms with Gasteiger partial charge in [0, 0.05) is 13.1 Å². The molecule has 0 saturated carbocycles.